The lowest BCUT2D eigenvalue weighted by Crippen LogP contribution is -2.20. The Morgan fingerprint density at radius 3 is 2.06 bits per heavy atom. The van der Waals surface area contributed by atoms with E-state index in [9.17, 15) is 0 Å². The second-order valence-electron chi connectivity index (χ2n) is 4.68. The highest BCUT2D eigenvalue weighted by Crippen LogP contribution is 2.00. The number of nitrogens with zero attached hydrogens (tertiary/aromatic N) is 1. The fourth-order valence-electron chi connectivity index (χ4n) is 1.81. The Balaban J connectivity index is 2.98. The van der Waals surface area contributed by atoms with E-state index in [0.717, 1.165) is 13.2 Å². The molecule has 0 aliphatic heterocycles. The zero-order valence-electron chi connectivity index (χ0n) is 11.6. The molecule has 0 heterocycles. The van der Waals surface area contributed by atoms with Crippen molar-refractivity contribution < 1.29 is 4.74 Å². The van der Waals surface area contributed by atoms with E-state index >= 15 is 0 Å². The summed E-state index contributed by atoms with van der Waals surface area (Å²) in [7, 11) is 2.21. The Labute approximate surface area is 102 Å². The maximum Gasteiger partial charge on any atom is 0.0466 e. The van der Waals surface area contributed by atoms with Gasteiger partial charge in [-0.05, 0) is 52.2 Å². The Hall–Kier alpha value is -0.0800. The fourth-order valence-corrected chi connectivity index (χ4v) is 1.81. The van der Waals surface area contributed by atoms with Gasteiger partial charge in [0.15, 0.2) is 0 Å². The molecule has 98 valence electrons. The minimum atomic E-state index is 0.960. The first kappa shape index (κ1) is 15.9. The first-order valence-corrected chi connectivity index (χ1v) is 7.07. The lowest BCUT2D eigenvalue weighted by Gasteiger charge is -2.14. The first-order valence-electron chi connectivity index (χ1n) is 7.07. The van der Waals surface area contributed by atoms with Crippen LogP contribution in [0.15, 0.2) is 0 Å². The van der Waals surface area contributed by atoms with Gasteiger partial charge in [-0.2, -0.15) is 0 Å². The second-order valence-corrected chi connectivity index (χ2v) is 4.68. The van der Waals surface area contributed by atoms with Gasteiger partial charge in [-0.3, -0.25) is 0 Å². The van der Waals surface area contributed by atoms with Gasteiger partial charge in [0, 0.05) is 13.2 Å². The van der Waals surface area contributed by atoms with Gasteiger partial charge in [-0.1, -0.05) is 26.7 Å². The van der Waals surface area contributed by atoms with Gasteiger partial charge in [0.2, 0.25) is 0 Å². The zero-order valence-corrected chi connectivity index (χ0v) is 11.6. The minimum Gasteiger partial charge on any atom is -0.381 e. The SMILES string of the molecule is CCCCCOCCCCCN(C)CCC. The van der Waals surface area contributed by atoms with E-state index in [-0.39, 0.29) is 0 Å². The Kier molecular flexibility index (Phi) is 12.9. The van der Waals surface area contributed by atoms with Crippen molar-refractivity contribution in [3.63, 3.8) is 0 Å². The first-order chi connectivity index (χ1) is 7.81. The van der Waals surface area contributed by atoms with Gasteiger partial charge < -0.3 is 9.64 Å². The van der Waals surface area contributed by atoms with E-state index in [4.69, 9.17) is 4.74 Å². The third-order valence-corrected chi connectivity index (χ3v) is 2.83. The van der Waals surface area contributed by atoms with Crippen molar-refractivity contribution in [3.8, 4) is 0 Å². The van der Waals surface area contributed by atoms with Gasteiger partial charge >= 0.3 is 0 Å². The van der Waals surface area contributed by atoms with Gasteiger partial charge in [0.25, 0.3) is 0 Å². The molecule has 16 heavy (non-hydrogen) atoms. The molecule has 0 N–H and O–H groups in total. The second kappa shape index (κ2) is 13.0. The highest BCUT2D eigenvalue weighted by molar-refractivity contribution is 4.50. The molecular weight excluding hydrogens is 198 g/mol. The number of rotatable bonds is 12. The highest BCUT2D eigenvalue weighted by atomic mass is 16.5. The number of ether oxygens (including phenoxy) is 1. The van der Waals surface area contributed by atoms with Crippen molar-refractivity contribution in [2.75, 3.05) is 33.4 Å². The molecule has 0 atom stereocenters. The van der Waals surface area contributed by atoms with Crippen molar-refractivity contribution >= 4 is 0 Å². The summed E-state index contributed by atoms with van der Waals surface area (Å²) in [6, 6.07) is 0. The van der Waals surface area contributed by atoms with Crippen LogP contribution >= 0.6 is 0 Å². The molecule has 0 amide bonds. The van der Waals surface area contributed by atoms with Crippen LogP contribution < -0.4 is 0 Å². The molecule has 0 aliphatic rings. The van der Waals surface area contributed by atoms with Gasteiger partial charge in [0.1, 0.15) is 0 Å². The molecule has 0 radical (unpaired) electrons. The number of hydrogen-bond donors (Lipinski definition) is 0. The summed E-state index contributed by atoms with van der Waals surface area (Å²) in [5.74, 6) is 0. The number of hydrogen-bond acceptors (Lipinski definition) is 2. The van der Waals surface area contributed by atoms with Crippen LogP contribution in [0.2, 0.25) is 0 Å². The van der Waals surface area contributed by atoms with Crippen molar-refractivity contribution in [2.24, 2.45) is 0 Å². The molecule has 2 heteroatoms. The largest absolute Gasteiger partial charge is 0.381 e. The molecule has 0 fully saturated rings. The average molecular weight is 229 g/mol. The highest BCUT2D eigenvalue weighted by Gasteiger charge is 1.96. The van der Waals surface area contributed by atoms with Crippen LogP contribution in [0.5, 0.6) is 0 Å². The lowest BCUT2D eigenvalue weighted by atomic mass is 10.2. The van der Waals surface area contributed by atoms with Crippen molar-refractivity contribution in [3.05, 3.63) is 0 Å². The van der Waals surface area contributed by atoms with E-state index in [1.165, 1.54) is 58.0 Å². The van der Waals surface area contributed by atoms with Gasteiger partial charge in [-0.25, -0.2) is 0 Å². The Bertz CT molecular complexity index is 128. The van der Waals surface area contributed by atoms with Crippen LogP contribution in [0.3, 0.4) is 0 Å². The van der Waals surface area contributed by atoms with E-state index in [0.29, 0.717) is 0 Å². The van der Waals surface area contributed by atoms with Gasteiger partial charge in [-0.15, -0.1) is 0 Å². The molecule has 0 aliphatic carbocycles. The lowest BCUT2D eigenvalue weighted by molar-refractivity contribution is 0.125. The van der Waals surface area contributed by atoms with Crippen LogP contribution in [-0.2, 0) is 4.74 Å². The Morgan fingerprint density at radius 1 is 0.750 bits per heavy atom. The van der Waals surface area contributed by atoms with E-state index in [2.05, 4.69) is 25.8 Å². The molecule has 0 aromatic carbocycles. The van der Waals surface area contributed by atoms with Crippen LogP contribution in [0.1, 0.15) is 58.8 Å². The molecule has 0 rings (SSSR count). The predicted molar refractivity (Wildman–Crippen MR) is 72.0 cm³/mol. The summed E-state index contributed by atoms with van der Waals surface area (Å²) in [5.41, 5.74) is 0. The molecular formula is C14H31NO. The van der Waals surface area contributed by atoms with E-state index in [1.807, 2.05) is 0 Å². The van der Waals surface area contributed by atoms with Crippen LogP contribution in [0.4, 0.5) is 0 Å². The van der Waals surface area contributed by atoms with Gasteiger partial charge in [0.05, 0.1) is 0 Å². The van der Waals surface area contributed by atoms with Crippen LogP contribution in [0, 0.1) is 0 Å². The summed E-state index contributed by atoms with van der Waals surface area (Å²) in [5, 5.41) is 0. The minimum absolute atomic E-state index is 0.960. The summed E-state index contributed by atoms with van der Waals surface area (Å²) in [6.07, 6.45) is 8.93. The monoisotopic (exact) mass is 229 g/mol. The molecule has 0 bridgehead atoms. The molecule has 0 saturated heterocycles. The third-order valence-electron chi connectivity index (χ3n) is 2.83. The van der Waals surface area contributed by atoms with E-state index in [1.54, 1.807) is 0 Å². The van der Waals surface area contributed by atoms with Crippen LogP contribution in [0.25, 0.3) is 0 Å². The smallest absolute Gasteiger partial charge is 0.0466 e. The summed E-state index contributed by atoms with van der Waals surface area (Å²) >= 11 is 0. The van der Waals surface area contributed by atoms with Crippen LogP contribution in [-0.4, -0.2) is 38.3 Å². The number of unbranched alkanes of at least 4 members (excludes halogenated alkanes) is 4. The quantitative estimate of drug-likeness (QED) is 0.473. The van der Waals surface area contributed by atoms with Crippen molar-refractivity contribution in [2.45, 2.75) is 58.8 Å². The summed E-state index contributed by atoms with van der Waals surface area (Å²) < 4.78 is 5.58. The third kappa shape index (κ3) is 12.0. The summed E-state index contributed by atoms with van der Waals surface area (Å²) in [4.78, 5) is 2.42. The molecule has 0 unspecified atom stereocenters. The predicted octanol–water partition coefficient (Wildman–Crippen LogP) is 3.71. The molecule has 0 aromatic rings. The molecule has 2 nitrogen and oxygen atoms in total. The normalized spacial score (nSPS) is 11.2. The fraction of sp³-hybridized carbons (Fsp3) is 1.00. The molecule has 0 aromatic heterocycles. The average Bonchev–Trinajstić information content (AvgIpc) is 2.27. The molecule has 0 saturated carbocycles. The molecule has 0 spiro atoms. The van der Waals surface area contributed by atoms with Crippen molar-refractivity contribution in [1.29, 1.82) is 0 Å². The maximum atomic E-state index is 5.58. The zero-order chi connectivity index (χ0) is 12.1. The Morgan fingerprint density at radius 2 is 1.44 bits per heavy atom. The van der Waals surface area contributed by atoms with Crippen molar-refractivity contribution in [1.82, 2.24) is 4.90 Å². The van der Waals surface area contributed by atoms with E-state index < -0.39 is 0 Å². The topological polar surface area (TPSA) is 12.5 Å². The maximum absolute atomic E-state index is 5.58. The standard InChI is InChI=1S/C14H31NO/c1-4-6-9-13-16-14-10-7-8-12-15(3)11-5-2/h4-14H2,1-3H3. The summed E-state index contributed by atoms with van der Waals surface area (Å²) in [6.45, 7) is 8.86.